The van der Waals surface area contributed by atoms with Crippen molar-refractivity contribution in [1.29, 1.82) is 0 Å². The molecule has 0 bridgehead atoms. The van der Waals surface area contributed by atoms with Crippen LogP contribution in [-0.4, -0.2) is 36.5 Å². The van der Waals surface area contributed by atoms with Crippen molar-refractivity contribution in [3.8, 4) is 28.6 Å². The summed E-state index contributed by atoms with van der Waals surface area (Å²) in [6.45, 7) is 2.77. The maximum Gasteiger partial charge on any atom is 0.237 e. The molecule has 5 rings (SSSR count). The molecular weight excluding hydrogens is 514 g/mol. The van der Waals surface area contributed by atoms with Gasteiger partial charge < -0.3 is 19.7 Å². The Labute approximate surface area is 221 Å². The molecule has 0 fully saturated rings. The standard InChI is InChI=1S/C25H22ClN7O3S/c1-2-34-18-10-8-16(9-11-18)33-22(14-35-17-6-4-3-5-7-17)30-31-25(33)37-15-23-29-24(32-36-23)19-12-21(27)28-13-20(19)26/h3-13H,2,14-15H2,1H3,(H2,27,28). The van der Waals surface area contributed by atoms with E-state index >= 15 is 0 Å². The molecule has 3 aromatic heterocycles. The summed E-state index contributed by atoms with van der Waals surface area (Å²) in [5.74, 6) is 3.57. The molecule has 2 aromatic carbocycles. The van der Waals surface area contributed by atoms with Crippen LogP contribution < -0.4 is 15.2 Å². The fourth-order valence-corrected chi connectivity index (χ4v) is 4.44. The van der Waals surface area contributed by atoms with E-state index in [1.165, 1.54) is 18.0 Å². The van der Waals surface area contributed by atoms with Crippen molar-refractivity contribution in [2.45, 2.75) is 24.4 Å². The van der Waals surface area contributed by atoms with Gasteiger partial charge in [-0.3, -0.25) is 4.57 Å². The Kier molecular flexibility index (Phi) is 7.52. The summed E-state index contributed by atoms with van der Waals surface area (Å²) in [7, 11) is 0. The van der Waals surface area contributed by atoms with Gasteiger partial charge in [0.05, 0.1) is 17.4 Å². The number of aromatic nitrogens is 6. The normalized spacial score (nSPS) is 11.0. The molecule has 0 atom stereocenters. The highest BCUT2D eigenvalue weighted by molar-refractivity contribution is 7.98. The Morgan fingerprint density at radius 3 is 2.59 bits per heavy atom. The summed E-state index contributed by atoms with van der Waals surface area (Å²) in [6.07, 6.45) is 1.45. The average molecular weight is 536 g/mol. The number of thioether (sulfide) groups is 1. The van der Waals surface area contributed by atoms with Crippen LogP contribution in [0.4, 0.5) is 5.82 Å². The number of hydrogen-bond donors (Lipinski definition) is 1. The van der Waals surface area contributed by atoms with Gasteiger partial charge in [0.2, 0.25) is 11.7 Å². The lowest BCUT2D eigenvalue weighted by atomic mass is 10.2. The quantitative estimate of drug-likeness (QED) is 0.238. The average Bonchev–Trinajstić information content (AvgIpc) is 3.56. The zero-order valence-electron chi connectivity index (χ0n) is 19.7. The van der Waals surface area contributed by atoms with Crippen LogP contribution in [0.5, 0.6) is 11.5 Å². The molecule has 12 heteroatoms. The second-order valence-corrected chi connectivity index (χ2v) is 9.00. The summed E-state index contributed by atoms with van der Waals surface area (Å²) in [4.78, 5) is 8.41. The SMILES string of the molecule is CCOc1ccc(-n2c(COc3ccccc3)nnc2SCc2nc(-c3cc(N)ncc3Cl)no2)cc1. The molecule has 0 aliphatic carbocycles. The number of anilines is 1. The van der Waals surface area contributed by atoms with E-state index in [1.54, 1.807) is 6.07 Å². The molecule has 0 spiro atoms. The van der Waals surface area contributed by atoms with Crippen molar-refractivity contribution in [3.63, 3.8) is 0 Å². The maximum atomic E-state index is 6.22. The first-order chi connectivity index (χ1) is 18.1. The molecule has 0 aliphatic rings. The number of ether oxygens (including phenoxy) is 2. The van der Waals surface area contributed by atoms with Gasteiger partial charge in [0.1, 0.15) is 23.9 Å². The van der Waals surface area contributed by atoms with Gasteiger partial charge in [0.15, 0.2) is 11.0 Å². The second-order valence-electron chi connectivity index (χ2n) is 7.65. The van der Waals surface area contributed by atoms with Crippen LogP contribution in [0.1, 0.15) is 18.6 Å². The van der Waals surface area contributed by atoms with Crippen LogP contribution in [0, 0.1) is 0 Å². The number of rotatable bonds is 10. The van der Waals surface area contributed by atoms with Crippen molar-refractivity contribution >= 4 is 29.2 Å². The van der Waals surface area contributed by atoms with Crippen molar-refractivity contribution in [2.24, 2.45) is 0 Å². The highest BCUT2D eigenvalue weighted by atomic mass is 35.5. The fraction of sp³-hybridized carbons (Fsp3) is 0.160. The third-order valence-electron chi connectivity index (χ3n) is 5.13. The lowest BCUT2D eigenvalue weighted by Gasteiger charge is -2.12. The van der Waals surface area contributed by atoms with Gasteiger partial charge in [0, 0.05) is 17.4 Å². The number of nitrogens with two attached hydrogens (primary N) is 1. The van der Waals surface area contributed by atoms with Gasteiger partial charge >= 0.3 is 0 Å². The van der Waals surface area contributed by atoms with Crippen LogP contribution in [-0.2, 0) is 12.4 Å². The number of hydrogen-bond acceptors (Lipinski definition) is 10. The van der Waals surface area contributed by atoms with Crippen LogP contribution in [0.3, 0.4) is 0 Å². The summed E-state index contributed by atoms with van der Waals surface area (Å²) in [5, 5.41) is 13.8. The van der Waals surface area contributed by atoms with Gasteiger partial charge in [-0.05, 0) is 49.4 Å². The van der Waals surface area contributed by atoms with E-state index in [2.05, 4.69) is 25.3 Å². The van der Waals surface area contributed by atoms with E-state index in [4.69, 9.17) is 31.3 Å². The third kappa shape index (κ3) is 5.84. The molecule has 0 radical (unpaired) electrons. The molecule has 37 heavy (non-hydrogen) atoms. The highest BCUT2D eigenvalue weighted by Crippen LogP contribution is 2.29. The van der Waals surface area contributed by atoms with Gasteiger partial charge in [-0.2, -0.15) is 4.98 Å². The molecule has 2 N–H and O–H groups in total. The predicted molar refractivity (Wildman–Crippen MR) is 140 cm³/mol. The van der Waals surface area contributed by atoms with Crippen molar-refractivity contribution in [1.82, 2.24) is 29.9 Å². The lowest BCUT2D eigenvalue weighted by Crippen LogP contribution is -2.07. The zero-order chi connectivity index (χ0) is 25.6. The number of halogens is 1. The fourth-order valence-electron chi connectivity index (χ4n) is 3.44. The summed E-state index contributed by atoms with van der Waals surface area (Å²) >= 11 is 7.63. The summed E-state index contributed by atoms with van der Waals surface area (Å²) in [6, 6.07) is 18.9. The van der Waals surface area contributed by atoms with E-state index in [0.29, 0.717) is 51.5 Å². The molecule has 0 saturated carbocycles. The van der Waals surface area contributed by atoms with Gasteiger partial charge in [-0.1, -0.05) is 46.7 Å². The van der Waals surface area contributed by atoms with Crippen molar-refractivity contribution in [2.75, 3.05) is 12.3 Å². The molecule has 0 amide bonds. The number of nitrogen functional groups attached to an aromatic ring is 1. The Morgan fingerprint density at radius 2 is 1.81 bits per heavy atom. The minimum absolute atomic E-state index is 0.234. The molecule has 188 valence electrons. The number of para-hydroxylation sites is 1. The Morgan fingerprint density at radius 1 is 1.03 bits per heavy atom. The molecule has 0 unspecified atom stereocenters. The molecule has 3 heterocycles. The van der Waals surface area contributed by atoms with E-state index in [-0.39, 0.29) is 6.61 Å². The lowest BCUT2D eigenvalue weighted by molar-refractivity contribution is 0.293. The maximum absolute atomic E-state index is 6.22. The molecule has 0 aliphatic heterocycles. The molecule has 5 aromatic rings. The minimum Gasteiger partial charge on any atom is -0.494 e. The van der Waals surface area contributed by atoms with Gasteiger partial charge in [-0.15, -0.1) is 10.2 Å². The van der Waals surface area contributed by atoms with E-state index < -0.39 is 0 Å². The first-order valence-electron chi connectivity index (χ1n) is 11.3. The third-order valence-corrected chi connectivity index (χ3v) is 6.34. The van der Waals surface area contributed by atoms with E-state index in [9.17, 15) is 0 Å². The van der Waals surface area contributed by atoms with Crippen LogP contribution >= 0.6 is 23.4 Å². The molecule has 0 saturated heterocycles. The Hall–Kier alpha value is -4.09. The Bertz CT molecular complexity index is 1480. The summed E-state index contributed by atoms with van der Waals surface area (Å²) in [5.41, 5.74) is 7.19. The summed E-state index contributed by atoms with van der Waals surface area (Å²) < 4.78 is 18.9. The number of benzene rings is 2. The first kappa shape index (κ1) is 24.6. The minimum atomic E-state index is 0.234. The van der Waals surface area contributed by atoms with Crippen LogP contribution in [0.2, 0.25) is 5.02 Å². The van der Waals surface area contributed by atoms with Crippen LogP contribution in [0.15, 0.2) is 76.5 Å². The highest BCUT2D eigenvalue weighted by Gasteiger charge is 2.18. The number of pyridine rings is 1. The molecule has 10 nitrogen and oxygen atoms in total. The van der Waals surface area contributed by atoms with E-state index in [1.807, 2.05) is 66.1 Å². The topological polar surface area (TPSA) is 127 Å². The van der Waals surface area contributed by atoms with Crippen molar-refractivity contribution in [3.05, 3.63) is 83.6 Å². The monoisotopic (exact) mass is 535 g/mol. The van der Waals surface area contributed by atoms with Gasteiger partial charge in [0.25, 0.3) is 0 Å². The first-order valence-corrected chi connectivity index (χ1v) is 12.7. The Balaban J connectivity index is 1.38. The number of nitrogens with zero attached hydrogens (tertiary/aromatic N) is 6. The molecular formula is C25H22ClN7O3S. The second kappa shape index (κ2) is 11.3. The van der Waals surface area contributed by atoms with Crippen molar-refractivity contribution < 1.29 is 14.0 Å². The van der Waals surface area contributed by atoms with Crippen LogP contribution in [0.25, 0.3) is 17.1 Å². The van der Waals surface area contributed by atoms with Gasteiger partial charge in [-0.25, -0.2) is 4.98 Å². The zero-order valence-corrected chi connectivity index (χ0v) is 21.3. The smallest absolute Gasteiger partial charge is 0.237 e. The largest absolute Gasteiger partial charge is 0.494 e. The predicted octanol–water partition coefficient (Wildman–Crippen LogP) is 5.22. The van der Waals surface area contributed by atoms with E-state index in [0.717, 1.165) is 17.2 Å².